The first-order chi connectivity index (χ1) is 30.2. The Balaban J connectivity index is 1.54. The van der Waals surface area contributed by atoms with Crippen LogP contribution in [0.1, 0.15) is 86.8 Å². The van der Waals surface area contributed by atoms with Crippen LogP contribution in [0.4, 0.5) is 0 Å². The zero-order valence-electron chi connectivity index (χ0n) is 36.1. The summed E-state index contributed by atoms with van der Waals surface area (Å²) in [5.74, 6) is -2.69. The number of benzene rings is 2. The van der Waals surface area contributed by atoms with Gasteiger partial charge in [0.05, 0.1) is 29.2 Å². The van der Waals surface area contributed by atoms with Gasteiger partial charge >= 0.3 is 0 Å². The van der Waals surface area contributed by atoms with Gasteiger partial charge in [-0.25, -0.2) is 9.97 Å². The smallest absolute Gasteiger partial charge is 0.243 e. The fraction of sp³-hybridized carbons (Fsp3) is 0.465. The van der Waals surface area contributed by atoms with Crippen molar-refractivity contribution in [2.45, 2.75) is 110 Å². The number of hydrogen-bond acceptors (Lipinski definition) is 11. The van der Waals surface area contributed by atoms with Crippen LogP contribution in [0.15, 0.2) is 77.1 Å². The van der Waals surface area contributed by atoms with Gasteiger partial charge < -0.3 is 53.5 Å². The molecule has 340 valence electrons. The number of unbranched alkanes of at least 4 members (excludes halogenated alkanes) is 1. The zero-order chi connectivity index (χ0) is 45.7. The summed E-state index contributed by atoms with van der Waals surface area (Å²) in [6, 6.07) is 12.7. The maximum absolute atomic E-state index is 14.3. The van der Waals surface area contributed by atoms with Crippen LogP contribution >= 0.6 is 11.3 Å². The van der Waals surface area contributed by atoms with Gasteiger partial charge in [0.25, 0.3) is 0 Å². The van der Waals surface area contributed by atoms with Gasteiger partial charge in [-0.1, -0.05) is 56.3 Å². The van der Waals surface area contributed by atoms with Crippen LogP contribution in [0.5, 0.6) is 0 Å². The molecule has 0 aliphatic carbocycles. The second-order valence-electron chi connectivity index (χ2n) is 15.5. The quantitative estimate of drug-likeness (QED) is 0.0185. The molecule has 0 radical (unpaired) electrons. The van der Waals surface area contributed by atoms with E-state index in [-0.39, 0.29) is 67.6 Å². The molecule has 0 saturated heterocycles. The molecule has 4 atom stereocenters. The van der Waals surface area contributed by atoms with Crippen LogP contribution in [-0.2, 0) is 43.7 Å². The van der Waals surface area contributed by atoms with Crippen molar-refractivity contribution in [1.29, 1.82) is 0 Å². The highest BCUT2D eigenvalue weighted by Gasteiger charge is 2.32. The van der Waals surface area contributed by atoms with E-state index in [1.54, 1.807) is 23.2 Å². The highest BCUT2D eigenvalue weighted by atomic mass is 32.1. The number of amides is 4. The Kier molecular flexibility index (Phi) is 19.9. The third kappa shape index (κ3) is 17.1. The molecule has 19 nitrogen and oxygen atoms in total. The Morgan fingerprint density at radius 3 is 1.98 bits per heavy atom. The van der Waals surface area contributed by atoms with Crippen LogP contribution in [0.25, 0.3) is 10.2 Å². The fourth-order valence-corrected chi connectivity index (χ4v) is 7.52. The van der Waals surface area contributed by atoms with E-state index < -0.39 is 47.8 Å². The number of fused-ring (bicyclic) bond motifs is 1. The van der Waals surface area contributed by atoms with E-state index in [4.69, 9.17) is 27.7 Å². The van der Waals surface area contributed by atoms with Gasteiger partial charge in [0.15, 0.2) is 16.9 Å². The number of imidazole rings is 1. The van der Waals surface area contributed by atoms with Crippen molar-refractivity contribution >= 4 is 62.9 Å². The normalized spacial score (nSPS) is 13.0. The largest absolute Gasteiger partial charge is 0.370 e. The third-order valence-corrected chi connectivity index (χ3v) is 10.9. The summed E-state index contributed by atoms with van der Waals surface area (Å²) in [5.41, 5.74) is 24.3. The van der Waals surface area contributed by atoms with Gasteiger partial charge in [-0.2, -0.15) is 0 Å². The first-order valence-electron chi connectivity index (χ1n) is 21.0. The van der Waals surface area contributed by atoms with Crippen molar-refractivity contribution in [1.82, 2.24) is 35.8 Å². The van der Waals surface area contributed by atoms with Crippen molar-refractivity contribution in [2.75, 3.05) is 13.1 Å². The first-order valence-corrected chi connectivity index (χ1v) is 21.8. The summed E-state index contributed by atoms with van der Waals surface area (Å²) in [4.78, 5) is 85.7. The summed E-state index contributed by atoms with van der Waals surface area (Å²) < 4.78 is 8.43. The number of thiazole rings is 1. The molecule has 0 saturated carbocycles. The van der Waals surface area contributed by atoms with Crippen molar-refractivity contribution in [3.8, 4) is 0 Å². The molecule has 0 aliphatic heterocycles. The molecule has 0 aliphatic rings. The average Bonchev–Trinajstić information content (AvgIpc) is 3.89. The van der Waals surface area contributed by atoms with Crippen LogP contribution < -0.4 is 44.2 Å². The molecule has 20 heteroatoms. The first kappa shape index (κ1) is 49.2. The predicted molar refractivity (Wildman–Crippen MR) is 243 cm³/mol. The number of aromatic nitrogens is 3. The van der Waals surface area contributed by atoms with E-state index in [0.717, 1.165) is 10.3 Å². The number of nitrogens with one attached hydrogen (secondary N) is 4. The molecule has 2 aromatic heterocycles. The van der Waals surface area contributed by atoms with Crippen molar-refractivity contribution < 1.29 is 28.7 Å². The topological polar surface area (TPSA) is 302 Å². The molecule has 2 aromatic carbocycles. The number of para-hydroxylation sites is 1. The molecule has 12 N–H and O–H groups in total. The minimum absolute atomic E-state index is 0.0334. The Morgan fingerprint density at radius 2 is 1.33 bits per heavy atom. The molecule has 2 heterocycles. The Morgan fingerprint density at radius 1 is 0.730 bits per heavy atom. The van der Waals surface area contributed by atoms with Crippen LogP contribution in [0, 0.1) is 5.92 Å². The lowest BCUT2D eigenvalue weighted by molar-refractivity contribution is -0.133. The second kappa shape index (κ2) is 25.5. The summed E-state index contributed by atoms with van der Waals surface area (Å²) in [6.45, 7) is 6.28. The molecule has 0 fully saturated rings. The lowest BCUT2D eigenvalue weighted by Gasteiger charge is -2.27. The summed E-state index contributed by atoms with van der Waals surface area (Å²) in [6.07, 6.45) is 5.60. The summed E-state index contributed by atoms with van der Waals surface area (Å²) in [5, 5.41) is 11.5. The second-order valence-corrected chi connectivity index (χ2v) is 16.6. The maximum Gasteiger partial charge on any atom is 0.243 e. The van der Waals surface area contributed by atoms with E-state index in [2.05, 4.69) is 41.2 Å². The molecule has 4 aromatic rings. The average molecular weight is 888 g/mol. The highest BCUT2D eigenvalue weighted by Crippen LogP contribution is 2.23. The van der Waals surface area contributed by atoms with E-state index in [1.165, 1.54) is 18.3 Å². The number of carbonyl (C=O) groups is 5. The monoisotopic (exact) mass is 887 g/mol. The van der Waals surface area contributed by atoms with Gasteiger partial charge in [-0.05, 0) is 68.6 Å². The SMILES string of the molecule is CC(=O)N[C@@H](Cc1cncn1COCc1ccccc1)C(=O)N[C@@H](CCCCN=C(N)N)C(=O)N[C@@H](CCC(C)C)C(=O)N[C@H](CCCN=C(N)N)C(=O)c1nc2ccccc2s1. The maximum atomic E-state index is 14.3. The number of hydrogen-bond donors (Lipinski definition) is 8. The molecule has 0 bridgehead atoms. The minimum atomic E-state index is -1.14. The predicted octanol–water partition coefficient (Wildman–Crippen LogP) is 1.99. The standard InChI is InChI=1S/C43H61N13O6S/c1-27(2)18-19-34(39(60)52-32(16-11-21-50-43(46)47)37(58)41-55-31-14-7-8-17-36(31)63-41)54-38(59)33(15-9-10-20-49-42(44)45)53-40(61)35(51-28(3)57)22-30-23-48-25-56(30)26-62-24-29-12-5-4-6-13-29/h4-8,12-14,17,23,25,27,32-35H,9-11,15-16,18-22,24,26H2,1-3H3,(H,51,57)(H,52,60)(H,53,61)(H,54,59)(H4,44,45,49)(H4,46,47,50)/t32-,33+,34+,35+/m1/s1. The molecular formula is C43H61N13O6S. The summed E-state index contributed by atoms with van der Waals surface area (Å²) >= 11 is 1.22. The van der Waals surface area contributed by atoms with Crippen LogP contribution in [0.2, 0.25) is 0 Å². The molecule has 4 amide bonds. The van der Waals surface area contributed by atoms with E-state index in [0.29, 0.717) is 50.0 Å². The number of guanidine groups is 2. The minimum Gasteiger partial charge on any atom is -0.370 e. The Labute approximate surface area is 371 Å². The molecule has 0 unspecified atom stereocenters. The zero-order valence-corrected chi connectivity index (χ0v) is 36.9. The summed E-state index contributed by atoms with van der Waals surface area (Å²) in [7, 11) is 0. The van der Waals surface area contributed by atoms with Gasteiger partial charge in [0.2, 0.25) is 29.4 Å². The number of nitrogens with zero attached hydrogens (tertiary/aromatic N) is 5. The van der Waals surface area contributed by atoms with Crippen molar-refractivity contribution in [2.24, 2.45) is 38.8 Å². The molecule has 4 rings (SSSR count). The number of ether oxygens (including phenoxy) is 1. The lowest BCUT2D eigenvalue weighted by Crippen LogP contribution is -2.58. The highest BCUT2D eigenvalue weighted by molar-refractivity contribution is 7.20. The lowest BCUT2D eigenvalue weighted by atomic mass is 10.00. The van der Waals surface area contributed by atoms with Gasteiger partial charge in [-0.15, -0.1) is 11.3 Å². The van der Waals surface area contributed by atoms with E-state index in [9.17, 15) is 24.0 Å². The number of nitrogens with two attached hydrogens (primary N) is 4. The van der Waals surface area contributed by atoms with Gasteiger partial charge in [-0.3, -0.25) is 34.0 Å². The molecule has 63 heavy (non-hydrogen) atoms. The number of ketones is 1. The molecule has 0 spiro atoms. The number of aliphatic imine (C=N–C) groups is 2. The van der Waals surface area contributed by atoms with Gasteiger partial charge in [0.1, 0.15) is 24.9 Å². The number of Topliss-reactive ketones (excluding diaryl/α,β-unsaturated/α-hetero) is 1. The number of carbonyl (C=O) groups excluding carboxylic acids is 5. The fourth-order valence-electron chi connectivity index (χ4n) is 6.56. The third-order valence-electron chi connectivity index (χ3n) is 9.82. The number of rotatable bonds is 27. The van der Waals surface area contributed by atoms with Crippen molar-refractivity contribution in [3.63, 3.8) is 0 Å². The van der Waals surface area contributed by atoms with Crippen LogP contribution in [-0.4, -0.2) is 93.1 Å². The van der Waals surface area contributed by atoms with Gasteiger partial charge in [0, 0.05) is 38.3 Å². The Bertz CT molecular complexity index is 2130. The van der Waals surface area contributed by atoms with E-state index in [1.807, 2.05) is 62.4 Å². The molecular weight excluding hydrogens is 827 g/mol. The Hall–Kier alpha value is -6.41. The van der Waals surface area contributed by atoms with E-state index >= 15 is 0 Å². The van der Waals surface area contributed by atoms with Crippen LogP contribution in [0.3, 0.4) is 0 Å². The van der Waals surface area contributed by atoms with Crippen molar-refractivity contribution in [3.05, 3.63) is 83.4 Å².